The smallest absolute Gasteiger partial charge is 0.276 e. The molecule has 0 saturated carbocycles. The number of thiazole rings is 1. The standard InChI is InChI=1S/C18H20N4O2S/c1-11-5-6-12(19-9-11)7-16-20-13(10-25-16)17(23)21-15-8-14(24-22-15)18(2,3)4/h5-6,8-10H,7H2,1-4H3,(H,21,22,23). The summed E-state index contributed by atoms with van der Waals surface area (Å²) < 4.78 is 5.27. The summed E-state index contributed by atoms with van der Waals surface area (Å²) >= 11 is 1.44. The molecule has 3 aromatic heterocycles. The molecule has 0 spiro atoms. The lowest BCUT2D eigenvalue weighted by atomic mass is 9.93. The molecular formula is C18H20N4O2S. The monoisotopic (exact) mass is 356 g/mol. The number of rotatable bonds is 4. The van der Waals surface area contributed by atoms with Gasteiger partial charge in [-0.2, -0.15) is 0 Å². The van der Waals surface area contributed by atoms with Gasteiger partial charge in [0.25, 0.3) is 5.91 Å². The Morgan fingerprint density at radius 1 is 1.32 bits per heavy atom. The van der Waals surface area contributed by atoms with Crippen molar-refractivity contribution < 1.29 is 9.32 Å². The molecule has 0 fully saturated rings. The number of aryl methyl sites for hydroxylation is 1. The SMILES string of the molecule is Cc1ccc(Cc2nc(C(=O)Nc3cc(C(C)(C)C)on3)cs2)nc1. The Labute approximate surface area is 150 Å². The van der Waals surface area contributed by atoms with Crippen LogP contribution >= 0.6 is 11.3 Å². The minimum absolute atomic E-state index is 0.162. The lowest BCUT2D eigenvalue weighted by Crippen LogP contribution is -2.13. The first kappa shape index (κ1) is 17.3. The van der Waals surface area contributed by atoms with Crippen LogP contribution in [0.2, 0.25) is 0 Å². The van der Waals surface area contributed by atoms with Crippen molar-refractivity contribution in [2.75, 3.05) is 5.32 Å². The van der Waals surface area contributed by atoms with E-state index in [1.54, 1.807) is 11.4 Å². The van der Waals surface area contributed by atoms with E-state index >= 15 is 0 Å². The average molecular weight is 356 g/mol. The van der Waals surface area contributed by atoms with Crippen LogP contribution in [0.3, 0.4) is 0 Å². The van der Waals surface area contributed by atoms with Gasteiger partial charge >= 0.3 is 0 Å². The van der Waals surface area contributed by atoms with Crippen molar-refractivity contribution in [3.05, 3.63) is 57.5 Å². The second kappa shape index (κ2) is 6.76. The second-order valence-corrected chi connectivity index (χ2v) is 7.85. The fourth-order valence-electron chi connectivity index (χ4n) is 2.12. The Kier molecular flexibility index (Phi) is 4.67. The normalized spacial score (nSPS) is 11.5. The highest BCUT2D eigenvalue weighted by molar-refractivity contribution is 7.09. The minimum atomic E-state index is -0.298. The molecule has 0 saturated heterocycles. The van der Waals surface area contributed by atoms with E-state index in [-0.39, 0.29) is 11.3 Å². The van der Waals surface area contributed by atoms with E-state index < -0.39 is 0 Å². The number of pyridine rings is 1. The van der Waals surface area contributed by atoms with E-state index in [9.17, 15) is 4.79 Å². The summed E-state index contributed by atoms with van der Waals surface area (Å²) in [6.07, 6.45) is 2.43. The maximum Gasteiger partial charge on any atom is 0.276 e. The summed E-state index contributed by atoms with van der Waals surface area (Å²) in [4.78, 5) is 21.1. The molecule has 25 heavy (non-hydrogen) atoms. The van der Waals surface area contributed by atoms with Gasteiger partial charge in [0.1, 0.15) is 11.5 Å². The molecule has 0 aromatic carbocycles. The van der Waals surface area contributed by atoms with Crippen LogP contribution in [0.5, 0.6) is 0 Å². The maximum atomic E-state index is 12.3. The van der Waals surface area contributed by atoms with Crippen molar-refractivity contribution >= 4 is 23.1 Å². The maximum absolute atomic E-state index is 12.3. The van der Waals surface area contributed by atoms with Crippen molar-refractivity contribution in [1.29, 1.82) is 0 Å². The first-order valence-electron chi connectivity index (χ1n) is 7.96. The number of hydrogen-bond donors (Lipinski definition) is 1. The molecule has 0 aliphatic carbocycles. The van der Waals surface area contributed by atoms with Gasteiger partial charge < -0.3 is 9.84 Å². The Morgan fingerprint density at radius 2 is 2.12 bits per heavy atom. The third-order valence-corrected chi connectivity index (χ3v) is 4.43. The third kappa shape index (κ3) is 4.30. The summed E-state index contributed by atoms with van der Waals surface area (Å²) in [5.74, 6) is 0.810. The van der Waals surface area contributed by atoms with Gasteiger partial charge in [-0.1, -0.05) is 32.0 Å². The predicted octanol–water partition coefficient (Wildman–Crippen LogP) is 3.98. The lowest BCUT2D eigenvalue weighted by Gasteiger charge is -2.11. The summed E-state index contributed by atoms with van der Waals surface area (Å²) in [5, 5.41) is 9.19. The summed E-state index contributed by atoms with van der Waals surface area (Å²) in [6, 6.07) is 5.72. The number of aromatic nitrogens is 3. The van der Waals surface area contributed by atoms with Crippen molar-refractivity contribution in [3.63, 3.8) is 0 Å². The average Bonchev–Trinajstić information content (AvgIpc) is 3.18. The summed E-state index contributed by atoms with van der Waals surface area (Å²) in [6.45, 7) is 8.05. The number of amides is 1. The molecule has 0 unspecified atom stereocenters. The van der Waals surface area contributed by atoms with E-state index in [0.29, 0.717) is 23.7 Å². The first-order chi connectivity index (χ1) is 11.8. The van der Waals surface area contributed by atoms with Gasteiger partial charge in [0.2, 0.25) is 0 Å². The molecule has 0 bridgehead atoms. The second-order valence-electron chi connectivity index (χ2n) is 6.91. The fourth-order valence-corrected chi connectivity index (χ4v) is 2.91. The molecule has 1 amide bonds. The highest BCUT2D eigenvalue weighted by atomic mass is 32.1. The van der Waals surface area contributed by atoms with Gasteiger partial charge in [-0.25, -0.2) is 4.98 Å². The van der Waals surface area contributed by atoms with E-state index in [2.05, 4.69) is 20.4 Å². The van der Waals surface area contributed by atoms with E-state index in [0.717, 1.165) is 16.3 Å². The lowest BCUT2D eigenvalue weighted by molar-refractivity contribution is 0.102. The number of nitrogens with one attached hydrogen (secondary N) is 1. The van der Waals surface area contributed by atoms with Gasteiger partial charge in [0, 0.05) is 35.2 Å². The predicted molar refractivity (Wildman–Crippen MR) is 97.1 cm³/mol. The van der Waals surface area contributed by atoms with Crippen LogP contribution in [-0.2, 0) is 11.8 Å². The highest BCUT2D eigenvalue weighted by Gasteiger charge is 2.21. The quantitative estimate of drug-likeness (QED) is 0.765. The zero-order valence-corrected chi connectivity index (χ0v) is 15.5. The summed E-state index contributed by atoms with van der Waals surface area (Å²) in [5.41, 5.74) is 2.25. The molecule has 3 rings (SSSR count). The van der Waals surface area contributed by atoms with Crippen LogP contribution in [0.1, 0.15) is 53.3 Å². The van der Waals surface area contributed by atoms with Gasteiger partial charge in [-0.3, -0.25) is 9.78 Å². The molecule has 130 valence electrons. The van der Waals surface area contributed by atoms with Crippen molar-refractivity contribution in [3.8, 4) is 0 Å². The summed E-state index contributed by atoms with van der Waals surface area (Å²) in [7, 11) is 0. The van der Waals surface area contributed by atoms with Crippen LogP contribution in [-0.4, -0.2) is 21.0 Å². The molecule has 0 atom stereocenters. The number of nitrogens with zero attached hydrogens (tertiary/aromatic N) is 3. The number of hydrogen-bond acceptors (Lipinski definition) is 6. The van der Waals surface area contributed by atoms with Gasteiger partial charge in [-0.05, 0) is 18.6 Å². The zero-order chi connectivity index (χ0) is 18.0. The molecule has 6 nitrogen and oxygen atoms in total. The van der Waals surface area contributed by atoms with Crippen LogP contribution in [0, 0.1) is 6.92 Å². The highest BCUT2D eigenvalue weighted by Crippen LogP contribution is 2.24. The van der Waals surface area contributed by atoms with Crippen molar-refractivity contribution in [2.24, 2.45) is 0 Å². The Bertz CT molecular complexity index is 875. The van der Waals surface area contributed by atoms with Crippen LogP contribution in [0.25, 0.3) is 0 Å². The fraction of sp³-hybridized carbons (Fsp3) is 0.333. The van der Waals surface area contributed by atoms with Gasteiger partial charge in [-0.15, -0.1) is 11.3 Å². The van der Waals surface area contributed by atoms with Gasteiger partial charge in [0.15, 0.2) is 5.82 Å². The minimum Gasteiger partial charge on any atom is -0.359 e. The van der Waals surface area contributed by atoms with Crippen molar-refractivity contribution in [2.45, 2.75) is 39.5 Å². The molecule has 3 heterocycles. The first-order valence-corrected chi connectivity index (χ1v) is 8.84. The molecule has 3 aromatic rings. The zero-order valence-electron chi connectivity index (χ0n) is 14.7. The van der Waals surface area contributed by atoms with Crippen molar-refractivity contribution in [1.82, 2.24) is 15.1 Å². The molecule has 1 N–H and O–H groups in total. The van der Waals surface area contributed by atoms with Crippen LogP contribution in [0.4, 0.5) is 5.82 Å². The Morgan fingerprint density at radius 3 is 2.76 bits per heavy atom. The van der Waals surface area contributed by atoms with Crippen LogP contribution in [0.15, 0.2) is 34.3 Å². The third-order valence-electron chi connectivity index (χ3n) is 3.58. The van der Waals surface area contributed by atoms with E-state index in [4.69, 9.17) is 4.52 Å². The van der Waals surface area contributed by atoms with Gasteiger partial charge in [0.05, 0.1) is 5.01 Å². The number of carbonyl (C=O) groups is 1. The molecular weight excluding hydrogens is 336 g/mol. The topological polar surface area (TPSA) is 80.9 Å². The number of carbonyl (C=O) groups excluding carboxylic acids is 1. The van der Waals surface area contributed by atoms with Crippen LogP contribution < -0.4 is 5.32 Å². The molecule has 0 aliphatic heterocycles. The van der Waals surface area contributed by atoms with E-state index in [1.807, 2.05) is 46.0 Å². The molecule has 0 aliphatic rings. The largest absolute Gasteiger partial charge is 0.359 e. The molecule has 0 radical (unpaired) electrons. The van der Waals surface area contributed by atoms with E-state index in [1.165, 1.54) is 11.3 Å². The molecule has 7 heteroatoms. The Hall–Kier alpha value is -2.54. The number of anilines is 1. The Balaban J connectivity index is 1.66.